The molecule has 0 aromatic carbocycles. The van der Waals surface area contributed by atoms with E-state index in [0.717, 1.165) is 12.8 Å². The number of nitrogens with one attached hydrogen (secondary N) is 1. The van der Waals surface area contributed by atoms with E-state index in [1.807, 2.05) is 0 Å². The largest absolute Gasteiger partial charge is 0.393 e. The van der Waals surface area contributed by atoms with Crippen LogP contribution in [-0.2, 0) is 4.74 Å². The monoisotopic (exact) mass is 314 g/mol. The summed E-state index contributed by atoms with van der Waals surface area (Å²) in [7, 11) is 0. The number of nitrogens with zero attached hydrogens (tertiary/aromatic N) is 1. The number of H-pyrrole nitrogens is 1. The number of terminal acetylenes is 1. The first-order valence-electron chi connectivity index (χ1n) is 7.38. The molecule has 0 radical (unpaired) electrons. The van der Waals surface area contributed by atoms with Gasteiger partial charge in [-0.2, -0.15) is 0 Å². The van der Waals surface area contributed by atoms with Gasteiger partial charge in [0.1, 0.15) is 11.7 Å². The summed E-state index contributed by atoms with van der Waals surface area (Å²) in [6.45, 7) is -0.171. The van der Waals surface area contributed by atoms with E-state index in [1.165, 1.54) is 10.8 Å². The fraction of sp³-hybridized carbons (Fsp3) is 0.412. The third-order valence-corrected chi connectivity index (χ3v) is 3.32. The van der Waals surface area contributed by atoms with Crippen LogP contribution in [-0.4, -0.2) is 27.4 Å². The van der Waals surface area contributed by atoms with Gasteiger partial charge in [0, 0.05) is 19.0 Å². The summed E-state index contributed by atoms with van der Waals surface area (Å²) in [5.74, 6) is 8.24. The summed E-state index contributed by atoms with van der Waals surface area (Å²) in [4.78, 5) is 25.9. The lowest BCUT2D eigenvalue weighted by Crippen LogP contribution is -2.33. The smallest absolute Gasteiger partial charge is 0.330 e. The zero-order valence-corrected chi connectivity index (χ0v) is 12.6. The molecule has 0 bridgehead atoms. The number of aliphatic hydroxyl groups is 1. The van der Waals surface area contributed by atoms with Crippen LogP contribution in [0.1, 0.15) is 37.5 Å². The second-order valence-corrected chi connectivity index (χ2v) is 5.05. The first-order valence-corrected chi connectivity index (χ1v) is 7.38. The first kappa shape index (κ1) is 16.8. The SMILES string of the molecule is C#CCCCCC#Cc1cn([C@H]2C=C[C@@H](CO)O2)c(=O)[nH]c1=O. The third-order valence-electron chi connectivity index (χ3n) is 3.32. The molecular weight excluding hydrogens is 296 g/mol. The van der Waals surface area contributed by atoms with Crippen molar-refractivity contribution in [2.45, 2.75) is 38.0 Å². The zero-order chi connectivity index (χ0) is 16.7. The summed E-state index contributed by atoms with van der Waals surface area (Å²) in [5.41, 5.74) is -0.906. The van der Waals surface area contributed by atoms with E-state index in [9.17, 15) is 9.59 Å². The first-order chi connectivity index (χ1) is 11.2. The number of hydrogen-bond acceptors (Lipinski definition) is 4. The molecule has 0 spiro atoms. The molecular formula is C17H18N2O4. The van der Waals surface area contributed by atoms with Gasteiger partial charge in [-0.05, 0) is 18.9 Å². The molecule has 1 aliphatic heterocycles. The summed E-state index contributed by atoms with van der Waals surface area (Å²) in [5, 5.41) is 9.05. The maximum Gasteiger partial charge on any atom is 0.330 e. The van der Waals surface area contributed by atoms with Crippen molar-refractivity contribution in [2.24, 2.45) is 0 Å². The van der Waals surface area contributed by atoms with Crippen molar-refractivity contribution >= 4 is 0 Å². The number of aromatic nitrogens is 2. The minimum Gasteiger partial charge on any atom is -0.393 e. The van der Waals surface area contributed by atoms with Crippen LogP contribution < -0.4 is 11.2 Å². The van der Waals surface area contributed by atoms with E-state index >= 15 is 0 Å². The van der Waals surface area contributed by atoms with Gasteiger partial charge in [-0.3, -0.25) is 14.3 Å². The van der Waals surface area contributed by atoms with Crippen LogP contribution in [0.2, 0.25) is 0 Å². The average molecular weight is 314 g/mol. The van der Waals surface area contributed by atoms with Crippen LogP contribution in [0.3, 0.4) is 0 Å². The molecule has 1 aliphatic rings. The van der Waals surface area contributed by atoms with E-state index in [0.29, 0.717) is 12.8 Å². The zero-order valence-electron chi connectivity index (χ0n) is 12.6. The molecule has 2 N–H and O–H groups in total. The minimum absolute atomic E-state index is 0.171. The molecule has 1 aromatic rings. The van der Waals surface area contributed by atoms with Gasteiger partial charge in [0.15, 0.2) is 6.23 Å². The lowest BCUT2D eigenvalue weighted by atomic mass is 10.2. The number of unbranched alkanes of at least 4 members (excludes halogenated alkanes) is 3. The van der Waals surface area contributed by atoms with E-state index in [1.54, 1.807) is 12.2 Å². The molecule has 0 amide bonds. The third kappa shape index (κ3) is 4.46. The Morgan fingerprint density at radius 2 is 2.09 bits per heavy atom. The molecule has 0 fully saturated rings. The van der Waals surface area contributed by atoms with Crippen molar-refractivity contribution in [2.75, 3.05) is 6.61 Å². The molecule has 2 atom stereocenters. The van der Waals surface area contributed by atoms with Gasteiger partial charge >= 0.3 is 5.69 Å². The highest BCUT2D eigenvalue weighted by Gasteiger charge is 2.21. The topological polar surface area (TPSA) is 84.3 Å². The van der Waals surface area contributed by atoms with Crippen LogP contribution in [0, 0.1) is 24.2 Å². The van der Waals surface area contributed by atoms with Crippen molar-refractivity contribution in [3.8, 4) is 24.2 Å². The van der Waals surface area contributed by atoms with Gasteiger partial charge < -0.3 is 9.84 Å². The van der Waals surface area contributed by atoms with Crippen molar-refractivity contribution < 1.29 is 9.84 Å². The number of aliphatic hydroxyl groups excluding tert-OH is 1. The summed E-state index contributed by atoms with van der Waals surface area (Å²) < 4.78 is 6.70. The van der Waals surface area contributed by atoms with Gasteiger partial charge in [-0.1, -0.05) is 17.9 Å². The normalized spacial score (nSPS) is 19.1. The molecule has 0 saturated heterocycles. The summed E-state index contributed by atoms with van der Waals surface area (Å²) in [6, 6.07) is 0. The fourth-order valence-corrected chi connectivity index (χ4v) is 2.11. The predicted octanol–water partition coefficient (Wildman–Crippen LogP) is 0.528. The minimum atomic E-state index is -0.660. The molecule has 2 heterocycles. The van der Waals surface area contributed by atoms with Gasteiger partial charge in [-0.15, -0.1) is 12.3 Å². The number of aromatic amines is 1. The molecule has 120 valence electrons. The quantitative estimate of drug-likeness (QED) is 0.472. The highest BCUT2D eigenvalue weighted by Crippen LogP contribution is 2.18. The molecule has 23 heavy (non-hydrogen) atoms. The highest BCUT2D eigenvalue weighted by atomic mass is 16.5. The fourth-order valence-electron chi connectivity index (χ4n) is 2.11. The van der Waals surface area contributed by atoms with Crippen LogP contribution in [0.5, 0.6) is 0 Å². The Bertz CT molecular complexity index is 786. The average Bonchev–Trinajstić information content (AvgIpc) is 3.01. The van der Waals surface area contributed by atoms with Crippen molar-refractivity contribution in [1.29, 1.82) is 0 Å². The highest BCUT2D eigenvalue weighted by molar-refractivity contribution is 5.29. The summed E-state index contributed by atoms with van der Waals surface area (Å²) in [6.07, 6.45) is 11.8. The Hall–Kier alpha value is -2.54. The van der Waals surface area contributed by atoms with Crippen LogP contribution >= 0.6 is 0 Å². The van der Waals surface area contributed by atoms with Crippen molar-refractivity contribution in [3.63, 3.8) is 0 Å². The lowest BCUT2D eigenvalue weighted by Gasteiger charge is -2.14. The Morgan fingerprint density at radius 1 is 1.30 bits per heavy atom. The molecule has 0 unspecified atom stereocenters. The number of hydrogen-bond donors (Lipinski definition) is 2. The van der Waals surface area contributed by atoms with E-state index in [-0.39, 0.29) is 12.2 Å². The van der Waals surface area contributed by atoms with E-state index < -0.39 is 23.6 Å². The summed E-state index contributed by atoms with van der Waals surface area (Å²) >= 11 is 0. The van der Waals surface area contributed by atoms with Gasteiger partial charge in [-0.25, -0.2) is 4.79 Å². The molecule has 1 aromatic heterocycles. The number of ether oxygens (including phenoxy) is 1. The van der Waals surface area contributed by atoms with E-state index in [4.69, 9.17) is 16.3 Å². The van der Waals surface area contributed by atoms with Crippen molar-refractivity contribution in [3.05, 3.63) is 44.8 Å². The Labute approximate surface area is 133 Å². The maximum absolute atomic E-state index is 11.9. The van der Waals surface area contributed by atoms with E-state index in [2.05, 4.69) is 22.7 Å². The van der Waals surface area contributed by atoms with Gasteiger partial charge in [0.05, 0.1) is 6.61 Å². The second-order valence-electron chi connectivity index (χ2n) is 5.05. The van der Waals surface area contributed by atoms with Crippen LogP contribution in [0.15, 0.2) is 27.9 Å². The predicted molar refractivity (Wildman–Crippen MR) is 85.6 cm³/mol. The van der Waals surface area contributed by atoms with Crippen molar-refractivity contribution in [1.82, 2.24) is 9.55 Å². The molecule has 2 rings (SSSR count). The van der Waals surface area contributed by atoms with Gasteiger partial charge in [0.2, 0.25) is 0 Å². The van der Waals surface area contributed by atoms with Crippen LogP contribution in [0.4, 0.5) is 0 Å². The molecule has 0 saturated carbocycles. The Balaban J connectivity index is 2.13. The number of rotatable bonds is 5. The molecule has 6 heteroatoms. The Kier molecular flexibility index (Phi) is 5.99. The van der Waals surface area contributed by atoms with Crippen LogP contribution in [0.25, 0.3) is 0 Å². The second kappa shape index (κ2) is 8.19. The van der Waals surface area contributed by atoms with Gasteiger partial charge in [0.25, 0.3) is 5.56 Å². The maximum atomic E-state index is 11.9. The standard InChI is InChI=1S/C17H18N2O4/c1-2-3-4-5-6-7-8-13-11-19(17(22)18-16(13)21)15-10-9-14(12-20)23-15/h1,9-11,14-15,20H,3-6,12H2,(H,18,21,22)/t14-,15+/m0/s1. The molecule has 0 aliphatic carbocycles. The molecule has 6 nitrogen and oxygen atoms in total. The lowest BCUT2D eigenvalue weighted by molar-refractivity contribution is -0.0103. The Morgan fingerprint density at radius 3 is 2.78 bits per heavy atom.